The average Bonchev–Trinajstić information content (AvgIpc) is 3.66. The van der Waals surface area contributed by atoms with Gasteiger partial charge in [0.15, 0.2) is 0 Å². The molecule has 3 amide bonds. The summed E-state index contributed by atoms with van der Waals surface area (Å²) in [6, 6.07) is 27.1. The summed E-state index contributed by atoms with van der Waals surface area (Å²) in [5, 5.41) is 4.04. The quantitative estimate of drug-likeness (QED) is 0.361. The van der Waals surface area contributed by atoms with Crippen LogP contribution < -0.4 is 10.1 Å². The van der Waals surface area contributed by atoms with Gasteiger partial charge in [0.1, 0.15) is 11.4 Å². The fraction of sp³-hybridized carbons (Fsp3) is 0.265. The molecule has 2 N–H and O–H groups in total. The first kappa shape index (κ1) is 27.3. The maximum absolute atomic E-state index is 13.6. The van der Waals surface area contributed by atoms with Crippen molar-refractivity contribution in [3.8, 4) is 5.75 Å². The molecule has 8 heteroatoms. The number of benzene rings is 3. The van der Waals surface area contributed by atoms with Crippen LogP contribution >= 0.6 is 0 Å². The van der Waals surface area contributed by atoms with Gasteiger partial charge >= 0.3 is 0 Å². The molecule has 3 heterocycles. The second-order valence-corrected chi connectivity index (χ2v) is 10.8. The highest BCUT2D eigenvalue weighted by Gasteiger charge is 2.40. The maximum Gasteiger partial charge on any atom is 0.270 e. The largest absolute Gasteiger partial charge is 0.494 e. The number of fused-ring (bicyclic) bond motifs is 5. The van der Waals surface area contributed by atoms with Crippen molar-refractivity contribution in [2.45, 2.75) is 12.3 Å². The van der Waals surface area contributed by atoms with Crippen LogP contribution in [-0.4, -0.2) is 71.8 Å². The van der Waals surface area contributed by atoms with Crippen LogP contribution in [0.15, 0.2) is 91.0 Å². The fourth-order valence-electron chi connectivity index (χ4n) is 5.82. The van der Waals surface area contributed by atoms with E-state index in [0.29, 0.717) is 57.2 Å². The number of hydrogen-bond acceptors (Lipinski definition) is 4. The van der Waals surface area contributed by atoms with E-state index in [1.807, 2.05) is 84.9 Å². The summed E-state index contributed by atoms with van der Waals surface area (Å²) in [5.74, 6) is -0.241. The fourth-order valence-corrected chi connectivity index (χ4v) is 5.82. The Kier molecular flexibility index (Phi) is 8.03. The third-order valence-electron chi connectivity index (χ3n) is 8.04. The number of amides is 3. The van der Waals surface area contributed by atoms with Gasteiger partial charge in [-0.1, -0.05) is 60.7 Å². The van der Waals surface area contributed by atoms with E-state index in [0.717, 1.165) is 22.0 Å². The van der Waals surface area contributed by atoms with Gasteiger partial charge in [0.05, 0.1) is 12.5 Å². The number of aromatic nitrogens is 1. The number of aromatic amines is 1. The Balaban J connectivity index is 1.20. The smallest absolute Gasteiger partial charge is 0.270 e. The molecule has 0 saturated carbocycles. The SMILES string of the molecule is O=C1NCCN(C(=O)c2cc3ccccc3[nH]2)CCCOc2cccc(c2)[C@H]2CN(C(=O)C=Cc3ccccc3)C[C@H]12. The van der Waals surface area contributed by atoms with Gasteiger partial charge in [0.2, 0.25) is 11.8 Å². The van der Waals surface area contributed by atoms with Crippen LogP contribution in [0.5, 0.6) is 5.75 Å². The summed E-state index contributed by atoms with van der Waals surface area (Å²) in [4.78, 5) is 46.9. The van der Waals surface area contributed by atoms with Gasteiger partial charge < -0.3 is 24.8 Å². The number of hydrogen-bond donors (Lipinski definition) is 2. The number of ether oxygens (including phenoxy) is 1. The number of likely N-dealkylation sites (tertiary alicyclic amines) is 1. The first-order chi connectivity index (χ1) is 20.5. The van der Waals surface area contributed by atoms with E-state index in [2.05, 4.69) is 10.3 Å². The highest BCUT2D eigenvalue weighted by molar-refractivity contribution is 5.98. The molecule has 0 radical (unpaired) electrons. The Hall–Kier alpha value is -4.85. The van der Waals surface area contributed by atoms with E-state index < -0.39 is 5.92 Å². The molecule has 4 aromatic rings. The Morgan fingerprint density at radius 1 is 0.857 bits per heavy atom. The molecule has 2 bridgehead atoms. The van der Waals surface area contributed by atoms with Gasteiger partial charge in [-0.3, -0.25) is 14.4 Å². The van der Waals surface area contributed by atoms with Gasteiger partial charge in [-0.15, -0.1) is 0 Å². The van der Waals surface area contributed by atoms with E-state index in [-0.39, 0.29) is 23.6 Å². The lowest BCUT2D eigenvalue weighted by Gasteiger charge is -2.24. The third-order valence-corrected chi connectivity index (χ3v) is 8.04. The van der Waals surface area contributed by atoms with Crippen molar-refractivity contribution in [1.29, 1.82) is 0 Å². The van der Waals surface area contributed by atoms with Crippen molar-refractivity contribution in [1.82, 2.24) is 20.1 Å². The molecule has 3 aromatic carbocycles. The molecule has 0 aliphatic carbocycles. The summed E-state index contributed by atoms with van der Waals surface area (Å²) in [5.41, 5.74) is 3.34. The molecule has 2 aliphatic heterocycles. The molecular formula is C34H34N4O4. The number of carbonyl (C=O) groups is 3. The minimum atomic E-state index is -0.421. The first-order valence-electron chi connectivity index (χ1n) is 14.4. The van der Waals surface area contributed by atoms with E-state index in [1.165, 1.54) is 0 Å². The van der Waals surface area contributed by atoms with Gasteiger partial charge in [-0.2, -0.15) is 0 Å². The maximum atomic E-state index is 13.6. The zero-order valence-corrected chi connectivity index (χ0v) is 23.4. The molecule has 1 fully saturated rings. The molecule has 2 aliphatic rings. The van der Waals surface area contributed by atoms with Gasteiger partial charge in [-0.25, -0.2) is 0 Å². The van der Waals surface area contributed by atoms with Crippen molar-refractivity contribution >= 4 is 34.7 Å². The molecular weight excluding hydrogens is 528 g/mol. The number of carbonyl (C=O) groups excluding carboxylic acids is 3. The van der Waals surface area contributed by atoms with Crippen molar-refractivity contribution in [2.24, 2.45) is 5.92 Å². The van der Waals surface area contributed by atoms with Gasteiger partial charge in [0.25, 0.3) is 5.91 Å². The summed E-state index contributed by atoms with van der Waals surface area (Å²) in [7, 11) is 0. The Labute approximate surface area is 245 Å². The second-order valence-electron chi connectivity index (χ2n) is 10.8. The summed E-state index contributed by atoms with van der Waals surface area (Å²) >= 11 is 0. The Bertz CT molecular complexity index is 1580. The van der Waals surface area contributed by atoms with E-state index in [9.17, 15) is 14.4 Å². The van der Waals surface area contributed by atoms with Crippen LogP contribution in [0.25, 0.3) is 17.0 Å². The molecule has 6 rings (SSSR count). The van der Waals surface area contributed by atoms with E-state index in [4.69, 9.17) is 4.74 Å². The molecule has 1 saturated heterocycles. The molecule has 0 spiro atoms. The minimum Gasteiger partial charge on any atom is -0.494 e. The van der Waals surface area contributed by atoms with E-state index >= 15 is 0 Å². The van der Waals surface area contributed by atoms with Crippen molar-refractivity contribution in [3.05, 3.63) is 108 Å². The number of H-pyrrole nitrogens is 1. The molecule has 214 valence electrons. The lowest BCUT2D eigenvalue weighted by Crippen LogP contribution is -2.42. The summed E-state index contributed by atoms with van der Waals surface area (Å²) < 4.78 is 6.07. The summed E-state index contributed by atoms with van der Waals surface area (Å²) in [6.07, 6.45) is 4.02. The second kappa shape index (κ2) is 12.3. The first-order valence-corrected chi connectivity index (χ1v) is 14.4. The molecule has 2 atom stereocenters. The van der Waals surface area contributed by atoms with Crippen LogP contribution in [0, 0.1) is 5.92 Å². The van der Waals surface area contributed by atoms with Crippen LogP contribution in [-0.2, 0) is 9.59 Å². The standard InChI is InChI=1S/C34H34N4O4/c39-32(15-14-24-8-2-1-3-9-24)38-22-28-25-11-6-12-27(20-25)42-19-7-17-37(18-16-35-33(40)29(28)23-38)34(41)31-21-26-10-4-5-13-30(26)36-31/h1-6,8-15,20-21,28-29,36H,7,16-19,22-23H2,(H,35,40)/t28-,29+/m1/s1. The Morgan fingerprint density at radius 2 is 1.67 bits per heavy atom. The summed E-state index contributed by atoms with van der Waals surface area (Å²) in [6.45, 7) is 2.38. The van der Waals surface area contributed by atoms with Crippen LogP contribution in [0.3, 0.4) is 0 Å². The van der Waals surface area contributed by atoms with Crippen LogP contribution in [0.2, 0.25) is 0 Å². The molecule has 0 unspecified atom stereocenters. The van der Waals surface area contributed by atoms with Crippen molar-refractivity contribution in [3.63, 3.8) is 0 Å². The van der Waals surface area contributed by atoms with Crippen molar-refractivity contribution in [2.75, 3.05) is 39.3 Å². The van der Waals surface area contributed by atoms with E-state index in [1.54, 1.807) is 22.0 Å². The normalized spacial score (nSPS) is 19.7. The lowest BCUT2D eigenvalue weighted by molar-refractivity contribution is -0.126. The highest BCUT2D eigenvalue weighted by atomic mass is 16.5. The zero-order chi connectivity index (χ0) is 28.9. The predicted molar refractivity (Wildman–Crippen MR) is 162 cm³/mol. The third kappa shape index (κ3) is 6.07. The average molecular weight is 563 g/mol. The monoisotopic (exact) mass is 562 g/mol. The highest BCUT2D eigenvalue weighted by Crippen LogP contribution is 2.35. The Morgan fingerprint density at radius 3 is 2.52 bits per heavy atom. The van der Waals surface area contributed by atoms with Gasteiger partial charge in [0, 0.05) is 55.6 Å². The number of nitrogens with one attached hydrogen (secondary N) is 2. The van der Waals surface area contributed by atoms with Crippen LogP contribution in [0.1, 0.15) is 34.0 Å². The minimum absolute atomic E-state index is 0.116. The number of para-hydroxylation sites is 1. The van der Waals surface area contributed by atoms with Gasteiger partial charge in [-0.05, 0) is 47.9 Å². The number of nitrogens with zero attached hydrogens (tertiary/aromatic N) is 2. The zero-order valence-electron chi connectivity index (χ0n) is 23.4. The predicted octanol–water partition coefficient (Wildman–Crippen LogP) is 4.46. The molecule has 1 aromatic heterocycles. The topological polar surface area (TPSA) is 94.7 Å². The molecule has 8 nitrogen and oxygen atoms in total. The van der Waals surface area contributed by atoms with Crippen molar-refractivity contribution < 1.29 is 19.1 Å². The lowest BCUT2D eigenvalue weighted by atomic mass is 9.88. The molecule has 42 heavy (non-hydrogen) atoms. The van der Waals surface area contributed by atoms with Crippen LogP contribution in [0.4, 0.5) is 0 Å². The number of rotatable bonds is 3.